The van der Waals surface area contributed by atoms with Gasteiger partial charge in [-0.05, 0) is 25.1 Å². The van der Waals surface area contributed by atoms with Crippen molar-refractivity contribution < 1.29 is 14.3 Å². The van der Waals surface area contributed by atoms with Crippen LogP contribution in [-0.2, 0) is 20.2 Å². The van der Waals surface area contributed by atoms with Gasteiger partial charge in [-0.1, -0.05) is 42.1 Å². The summed E-state index contributed by atoms with van der Waals surface area (Å²) in [5.41, 5.74) is 1.82. The number of fused-ring (bicyclic) bond motifs is 1. The van der Waals surface area contributed by atoms with Crippen molar-refractivity contribution in [2.75, 3.05) is 12.9 Å². The van der Waals surface area contributed by atoms with Gasteiger partial charge in [-0.15, -0.1) is 10.2 Å². The van der Waals surface area contributed by atoms with Crippen molar-refractivity contribution in [1.29, 1.82) is 0 Å². The molecule has 2 aromatic carbocycles. The Hall–Kier alpha value is -3.26. The van der Waals surface area contributed by atoms with Crippen LogP contribution >= 0.6 is 11.8 Å². The van der Waals surface area contributed by atoms with Gasteiger partial charge in [-0.25, -0.2) is 0 Å². The SMILES string of the molecule is CCn1cc(C(=O)CSc2nnc(COc3ccccc3OC)n2C)c2ccccc21. The standard InChI is InChI=1S/C23H24N4O3S/c1-4-27-13-17(16-9-5-6-10-18(16)27)19(28)15-31-23-25-24-22(26(23)2)14-30-21-12-8-7-11-20(21)29-3/h5-13H,4,14-15H2,1-3H3. The Morgan fingerprint density at radius 2 is 1.81 bits per heavy atom. The van der Waals surface area contributed by atoms with Gasteiger partial charge in [0, 0.05) is 36.3 Å². The van der Waals surface area contributed by atoms with E-state index in [0.717, 1.165) is 23.0 Å². The molecule has 0 unspecified atom stereocenters. The highest BCUT2D eigenvalue weighted by Gasteiger charge is 2.17. The smallest absolute Gasteiger partial charge is 0.191 e. The van der Waals surface area contributed by atoms with Crippen LogP contribution < -0.4 is 9.47 Å². The van der Waals surface area contributed by atoms with Gasteiger partial charge in [0.15, 0.2) is 28.3 Å². The third kappa shape index (κ3) is 4.29. The minimum Gasteiger partial charge on any atom is -0.493 e. The van der Waals surface area contributed by atoms with E-state index in [0.29, 0.717) is 22.5 Å². The summed E-state index contributed by atoms with van der Waals surface area (Å²) in [6.45, 7) is 3.14. The number of thioether (sulfide) groups is 1. The highest BCUT2D eigenvalue weighted by molar-refractivity contribution is 7.99. The third-order valence-electron chi connectivity index (χ3n) is 5.11. The fourth-order valence-electron chi connectivity index (χ4n) is 3.42. The van der Waals surface area contributed by atoms with Crippen molar-refractivity contribution in [3.63, 3.8) is 0 Å². The molecule has 0 aliphatic rings. The number of ketones is 1. The number of carbonyl (C=O) groups excluding carboxylic acids is 1. The normalized spacial score (nSPS) is 11.1. The van der Waals surface area contributed by atoms with Crippen LogP contribution in [0.1, 0.15) is 23.1 Å². The Morgan fingerprint density at radius 1 is 1.06 bits per heavy atom. The van der Waals surface area contributed by atoms with Gasteiger partial charge < -0.3 is 18.6 Å². The first-order chi connectivity index (χ1) is 15.1. The maximum Gasteiger partial charge on any atom is 0.191 e. The average Bonchev–Trinajstić information content (AvgIpc) is 3.36. The fraction of sp³-hybridized carbons (Fsp3) is 0.261. The Kier molecular flexibility index (Phi) is 6.27. The molecule has 160 valence electrons. The number of Topliss-reactive ketones (excluding diaryl/α,β-unsaturated/α-hetero) is 1. The highest BCUT2D eigenvalue weighted by atomic mass is 32.2. The van der Waals surface area contributed by atoms with Crippen molar-refractivity contribution in [2.45, 2.75) is 25.2 Å². The molecular weight excluding hydrogens is 412 g/mol. The van der Waals surface area contributed by atoms with Crippen molar-refractivity contribution in [2.24, 2.45) is 7.05 Å². The number of aromatic nitrogens is 4. The summed E-state index contributed by atoms with van der Waals surface area (Å²) >= 11 is 1.38. The van der Waals surface area contributed by atoms with Crippen LogP contribution in [0.5, 0.6) is 11.5 Å². The maximum absolute atomic E-state index is 12.9. The summed E-state index contributed by atoms with van der Waals surface area (Å²) in [5.74, 6) is 2.34. The molecule has 2 heterocycles. The predicted molar refractivity (Wildman–Crippen MR) is 121 cm³/mol. The van der Waals surface area contributed by atoms with Crippen LogP contribution in [0.15, 0.2) is 59.9 Å². The molecule has 0 bridgehead atoms. The van der Waals surface area contributed by atoms with E-state index in [1.807, 2.05) is 66.3 Å². The van der Waals surface area contributed by atoms with Gasteiger partial charge in [0.1, 0.15) is 6.61 Å². The van der Waals surface area contributed by atoms with Crippen LogP contribution in [0, 0.1) is 0 Å². The minimum atomic E-state index is 0.0724. The molecular formula is C23H24N4O3S. The summed E-state index contributed by atoms with van der Waals surface area (Å²) < 4.78 is 15.1. The Balaban J connectivity index is 1.43. The summed E-state index contributed by atoms with van der Waals surface area (Å²) in [5, 5.41) is 10.1. The van der Waals surface area contributed by atoms with Gasteiger partial charge >= 0.3 is 0 Å². The number of benzene rings is 2. The zero-order chi connectivity index (χ0) is 21.8. The van der Waals surface area contributed by atoms with E-state index >= 15 is 0 Å². The van der Waals surface area contributed by atoms with Crippen LogP contribution in [-0.4, -0.2) is 38.0 Å². The molecule has 0 amide bonds. The molecule has 0 atom stereocenters. The molecule has 0 N–H and O–H groups in total. The van der Waals surface area contributed by atoms with Crippen LogP contribution in [0.25, 0.3) is 10.9 Å². The van der Waals surface area contributed by atoms with Gasteiger partial charge in [0.05, 0.1) is 12.9 Å². The molecule has 0 saturated carbocycles. The van der Waals surface area contributed by atoms with Gasteiger partial charge in [0.2, 0.25) is 0 Å². The zero-order valence-corrected chi connectivity index (χ0v) is 18.6. The summed E-state index contributed by atoms with van der Waals surface area (Å²) in [4.78, 5) is 12.9. The molecule has 7 nitrogen and oxygen atoms in total. The molecule has 0 spiro atoms. The number of ether oxygens (including phenoxy) is 2. The van der Waals surface area contributed by atoms with Crippen LogP contribution in [0.4, 0.5) is 0 Å². The van der Waals surface area contributed by atoms with Crippen molar-refractivity contribution in [3.05, 3.63) is 66.1 Å². The summed E-state index contributed by atoms with van der Waals surface area (Å²) in [6, 6.07) is 15.4. The largest absolute Gasteiger partial charge is 0.493 e. The highest BCUT2D eigenvalue weighted by Crippen LogP contribution is 2.27. The second-order valence-electron chi connectivity index (χ2n) is 6.96. The second-order valence-corrected chi connectivity index (χ2v) is 7.90. The zero-order valence-electron chi connectivity index (χ0n) is 17.7. The first kappa shape index (κ1) is 21.0. The van der Waals surface area contributed by atoms with E-state index in [-0.39, 0.29) is 18.1 Å². The minimum absolute atomic E-state index is 0.0724. The summed E-state index contributed by atoms with van der Waals surface area (Å²) in [6.07, 6.45) is 1.94. The quantitative estimate of drug-likeness (QED) is 0.287. The van der Waals surface area contributed by atoms with Crippen molar-refractivity contribution in [1.82, 2.24) is 19.3 Å². The molecule has 0 fully saturated rings. The number of aryl methyl sites for hydroxylation is 1. The van der Waals surface area contributed by atoms with E-state index in [4.69, 9.17) is 9.47 Å². The van der Waals surface area contributed by atoms with E-state index in [1.165, 1.54) is 11.8 Å². The van der Waals surface area contributed by atoms with Gasteiger partial charge in [0.25, 0.3) is 0 Å². The fourth-order valence-corrected chi connectivity index (χ4v) is 4.23. The first-order valence-electron chi connectivity index (χ1n) is 10.00. The number of hydrogen-bond donors (Lipinski definition) is 0. The van der Waals surface area contributed by atoms with Crippen molar-refractivity contribution >= 4 is 28.4 Å². The number of rotatable bonds is 9. The first-order valence-corrected chi connectivity index (χ1v) is 11.0. The Bertz CT molecular complexity index is 1210. The number of methoxy groups -OCH3 is 1. The summed E-state index contributed by atoms with van der Waals surface area (Å²) in [7, 11) is 3.48. The lowest BCUT2D eigenvalue weighted by atomic mass is 10.1. The van der Waals surface area contributed by atoms with Crippen LogP contribution in [0.2, 0.25) is 0 Å². The number of hydrogen-bond acceptors (Lipinski definition) is 6. The van der Waals surface area contributed by atoms with E-state index in [2.05, 4.69) is 21.7 Å². The molecule has 0 radical (unpaired) electrons. The lowest BCUT2D eigenvalue weighted by Crippen LogP contribution is -2.06. The van der Waals surface area contributed by atoms with Gasteiger partial charge in [-0.2, -0.15) is 0 Å². The molecule has 4 aromatic rings. The Labute approximate surface area is 185 Å². The lowest BCUT2D eigenvalue weighted by molar-refractivity contribution is 0.102. The number of para-hydroxylation sites is 3. The molecule has 4 rings (SSSR count). The predicted octanol–water partition coefficient (Wildman–Crippen LogP) is 4.35. The number of carbonyl (C=O) groups is 1. The lowest BCUT2D eigenvalue weighted by Gasteiger charge is -2.10. The van der Waals surface area contributed by atoms with E-state index in [9.17, 15) is 4.79 Å². The average molecular weight is 437 g/mol. The van der Waals surface area contributed by atoms with E-state index < -0.39 is 0 Å². The molecule has 31 heavy (non-hydrogen) atoms. The second kappa shape index (κ2) is 9.26. The Morgan fingerprint density at radius 3 is 2.58 bits per heavy atom. The van der Waals surface area contributed by atoms with E-state index in [1.54, 1.807) is 7.11 Å². The molecule has 8 heteroatoms. The maximum atomic E-state index is 12.9. The topological polar surface area (TPSA) is 71.2 Å². The third-order valence-corrected chi connectivity index (χ3v) is 6.13. The van der Waals surface area contributed by atoms with Crippen molar-refractivity contribution in [3.8, 4) is 11.5 Å². The molecule has 0 saturated heterocycles. The molecule has 2 aromatic heterocycles. The number of nitrogens with zero attached hydrogens (tertiary/aromatic N) is 4. The van der Waals surface area contributed by atoms with Gasteiger partial charge in [-0.3, -0.25) is 4.79 Å². The molecule has 0 aliphatic carbocycles. The molecule has 0 aliphatic heterocycles. The van der Waals surface area contributed by atoms with Crippen LogP contribution in [0.3, 0.4) is 0 Å². The monoisotopic (exact) mass is 436 g/mol.